The molecule has 0 aromatic carbocycles. The Morgan fingerprint density at radius 2 is 2.12 bits per heavy atom. The molecule has 0 amide bonds. The second-order valence-electron chi connectivity index (χ2n) is 6.00. The molecule has 1 fully saturated rings. The van der Waals surface area contributed by atoms with Crippen LogP contribution >= 0.6 is 0 Å². The lowest BCUT2D eigenvalue weighted by molar-refractivity contribution is -0.145. The Hall–Kier alpha value is -0.570. The first kappa shape index (κ1) is 14.5. The Labute approximate surface area is 105 Å². The van der Waals surface area contributed by atoms with Gasteiger partial charge in [0, 0.05) is 6.04 Å². The van der Waals surface area contributed by atoms with Gasteiger partial charge in [-0.2, -0.15) is 0 Å². The zero-order chi connectivity index (χ0) is 13.1. The number of hydrogen-bond acceptors (Lipinski definition) is 3. The molecule has 100 valence electrons. The number of rotatable bonds is 4. The van der Waals surface area contributed by atoms with E-state index in [1.165, 1.54) is 20.0 Å². The Morgan fingerprint density at radius 3 is 2.59 bits per heavy atom. The van der Waals surface area contributed by atoms with E-state index in [0.29, 0.717) is 18.3 Å². The van der Waals surface area contributed by atoms with E-state index >= 15 is 0 Å². The largest absolute Gasteiger partial charge is 0.469 e. The molecular formula is C14H27NO2. The van der Waals surface area contributed by atoms with Crippen molar-refractivity contribution in [2.24, 2.45) is 23.0 Å². The SMILES string of the molecule is COC(=O)CC1(C(C)N)CCCC(C(C)C)C1. The molecule has 0 aromatic heterocycles. The van der Waals surface area contributed by atoms with Gasteiger partial charge in [-0.25, -0.2) is 0 Å². The quantitative estimate of drug-likeness (QED) is 0.770. The van der Waals surface area contributed by atoms with Crippen molar-refractivity contribution >= 4 is 5.97 Å². The Bertz CT molecular complexity index is 263. The summed E-state index contributed by atoms with van der Waals surface area (Å²) in [7, 11) is 1.46. The molecule has 0 aliphatic heterocycles. The van der Waals surface area contributed by atoms with E-state index in [2.05, 4.69) is 13.8 Å². The molecule has 0 spiro atoms. The third-order valence-electron chi connectivity index (χ3n) is 4.55. The van der Waals surface area contributed by atoms with Gasteiger partial charge in [0.05, 0.1) is 13.5 Å². The molecule has 0 saturated heterocycles. The summed E-state index contributed by atoms with van der Waals surface area (Å²) in [5, 5.41) is 0. The predicted octanol–water partition coefficient (Wildman–Crippen LogP) is 2.73. The van der Waals surface area contributed by atoms with Gasteiger partial charge >= 0.3 is 5.97 Å². The van der Waals surface area contributed by atoms with Gasteiger partial charge in [0.1, 0.15) is 0 Å². The minimum Gasteiger partial charge on any atom is -0.469 e. The molecular weight excluding hydrogens is 214 g/mol. The fraction of sp³-hybridized carbons (Fsp3) is 0.929. The number of methoxy groups -OCH3 is 1. The van der Waals surface area contributed by atoms with Crippen LogP contribution in [0.15, 0.2) is 0 Å². The van der Waals surface area contributed by atoms with E-state index < -0.39 is 0 Å². The summed E-state index contributed by atoms with van der Waals surface area (Å²) in [5.41, 5.74) is 6.12. The highest BCUT2D eigenvalue weighted by molar-refractivity contribution is 5.70. The average molecular weight is 241 g/mol. The zero-order valence-electron chi connectivity index (χ0n) is 11.7. The molecule has 3 atom stereocenters. The number of ether oxygens (including phenoxy) is 1. The van der Waals surface area contributed by atoms with E-state index in [0.717, 1.165) is 12.8 Å². The normalized spacial score (nSPS) is 31.3. The Morgan fingerprint density at radius 1 is 1.47 bits per heavy atom. The standard InChI is InChI=1S/C14H27NO2/c1-10(2)12-6-5-7-14(8-12,11(3)15)9-13(16)17-4/h10-12H,5-9,15H2,1-4H3. The molecule has 3 nitrogen and oxygen atoms in total. The first-order valence-electron chi connectivity index (χ1n) is 6.73. The van der Waals surface area contributed by atoms with Crippen molar-refractivity contribution in [1.82, 2.24) is 0 Å². The lowest BCUT2D eigenvalue weighted by Crippen LogP contribution is -2.45. The summed E-state index contributed by atoms with van der Waals surface area (Å²) in [4.78, 5) is 11.6. The van der Waals surface area contributed by atoms with Crippen molar-refractivity contribution in [2.75, 3.05) is 7.11 Å². The molecule has 0 bridgehead atoms. The number of hydrogen-bond donors (Lipinski definition) is 1. The predicted molar refractivity (Wildman–Crippen MR) is 69.5 cm³/mol. The maximum Gasteiger partial charge on any atom is 0.306 e. The van der Waals surface area contributed by atoms with Gasteiger partial charge < -0.3 is 10.5 Å². The van der Waals surface area contributed by atoms with Gasteiger partial charge in [-0.15, -0.1) is 0 Å². The monoisotopic (exact) mass is 241 g/mol. The lowest BCUT2D eigenvalue weighted by atomic mass is 9.62. The van der Waals surface area contributed by atoms with Crippen molar-refractivity contribution in [1.29, 1.82) is 0 Å². The maximum atomic E-state index is 11.6. The minimum atomic E-state index is -0.119. The fourth-order valence-corrected chi connectivity index (χ4v) is 3.11. The molecule has 0 aromatic rings. The summed E-state index contributed by atoms with van der Waals surface area (Å²) < 4.78 is 4.83. The highest BCUT2D eigenvalue weighted by Gasteiger charge is 2.41. The molecule has 0 radical (unpaired) electrons. The summed E-state index contributed by atoms with van der Waals surface area (Å²) in [6.07, 6.45) is 5.06. The van der Waals surface area contributed by atoms with Crippen molar-refractivity contribution in [3.05, 3.63) is 0 Å². The highest BCUT2D eigenvalue weighted by Crippen LogP contribution is 2.46. The van der Waals surface area contributed by atoms with Crippen molar-refractivity contribution < 1.29 is 9.53 Å². The van der Waals surface area contributed by atoms with Crippen LogP contribution < -0.4 is 5.73 Å². The van der Waals surface area contributed by atoms with Gasteiger partial charge in [-0.1, -0.05) is 26.7 Å². The first-order valence-corrected chi connectivity index (χ1v) is 6.73. The van der Waals surface area contributed by atoms with Crippen molar-refractivity contribution in [2.45, 2.75) is 58.9 Å². The van der Waals surface area contributed by atoms with Crippen LogP contribution in [0.2, 0.25) is 0 Å². The van der Waals surface area contributed by atoms with Crippen LogP contribution in [0.5, 0.6) is 0 Å². The van der Waals surface area contributed by atoms with Crippen LogP contribution in [0.3, 0.4) is 0 Å². The van der Waals surface area contributed by atoms with Crippen LogP contribution in [-0.2, 0) is 9.53 Å². The summed E-state index contributed by atoms with van der Waals surface area (Å²) >= 11 is 0. The maximum absolute atomic E-state index is 11.6. The van der Waals surface area contributed by atoms with E-state index in [4.69, 9.17) is 10.5 Å². The Balaban J connectivity index is 2.80. The second kappa shape index (κ2) is 5.85. The number of carbonyl (C=O) groups excluding carboxylic acids is 1. The average Bonchev–Trinajstić information content (AvgIpc) is 2.28. The molecule has 1 rings (SSSR count). The third kappa shape index (κ3) is 3.44. The van der Waals surface area contributed by atoms with Crippen molar-refractivity contribution in [3.8, 4) is 0 Å². The molecule has 3 heteroatoms. The van der Waals surface area contributed by atoms with E-state index in [1.807, 2.05) is 6.92 Å². The molecule has 2 N–H and O–H groups in total. The molecule has 0 heterocycles. The number of nitrogens with two attached hydrogens (primary N) is 1. The number of carbonyl (C=O) groups is 1. The molecule has 1 aliphatic rings. The van der Waals surface area contributed by atoms with Gasteiger partial charge in [0.15, 0.2) is 0 Å². The van der Waals surface area contributed by atoms with E-state index in [-0.39, 0.29) is 17.4 Å². The molecule has 17 heavy (non-hydrogen) atoms. The van der Waals surface area contributed by atoms with Gasteiger partial charge in [0.2, 0.25) is 0 Å². The van der Waals surface area contributed by atoms with Gasteiger partial charge in [0.25, 0.3) is 0 Å². The third-order valence-corrected chi connectivity index (χ3v) is 4.55. The van der Waals surface area contributed by atoms with Crippen LogP contribution in [-0.4, -0.2) is 19.1 Å². The summed E-state index contributed by atoms with van der Waals surface area (Å²) in [6, 6.07) is 0.0585. The first-order chi connectivity index (χ1) is 7.91. The minimum absolute atomic E-state index is 0.0414. The zero-order valence-corrected chi connectivity index (χ0v) is 11.7. The molecule has 3 unspecified atom stereocenters. The second-order valence-corrected chi connectivity index (χ2v) is 6.00. The smallest absolute Gasteiger partial charge is 0.306 e. The summed E-state index contributed by atoms with van der Waals surface area (Å²) in [6.45, 7) is 6.56. The van der Waals surface area contributed by atoms with Gasteiger partial charge in [-0.3, -0.25) is 4.79 Å². The lowest BCUT2D eigenvalue weighted by Gasteiger charge is -2.44. The van der Waals surface area contributed by atoms with E-state index in [1.54, 1.807) is 0 Å². The van der Waals surface area contributed by atoms with Gasteiger partial charge in [-0.05, 0) is 37.0 Å². The Kier molecular flexibility index (Phi) is 4.99. The number of esters is 1. The van der Waals surface area contributed by atoms with Crippen molar-refractivity contribution in [3.63, 3.8) is 0 Å². The summed E-state index contributed by atoms with van der Waals surface area (Å²) in [5.74, 6) is 1.25. The fourth-order valence-electron chi connectivity index (χ4n) is 3.11. The van der Waals surface area contributed by atoms with Crippen LogP contribution in [0.4, 0.5) is 0 Å². The van der Waals surface area contributed by atoms with E-state index in [9.17, 15) is 4.79 Å². The topological polar surface area (TPSA) is 52.3 Å². The molecule has 1 saturated carbocycles. The highest BCUT2D eigenvalue weighted by atomic mass is 16.5. The van der Waals surface area contributed by atoms with Crippen LogP contribution in [0.1, 0.15) is 52.9 Å². The molecule has 1 aliphatic carbocycles. The van der Waals surface area contributed by atoms with Crippen LogP contribution in [0.25, 0.3) is 0 Å². The van der Waals surface area contributed by atoms with Crippen LogP contribution in [0, 0.1) is 17.3 Å².